The second-order valence-electron chi connectivity index (χ2n) is 4.96. The van der Waals surface area contributed by atoms with E-state index in [1.807, 2.05) is 26.8 Å². The van der Waals surface area contributed by atoms with E-state index < -0.39 is 18.6 Å². The molecule has 102 valence electrons. The molecule has 1 aromatic carbocycles. The van der Waals surface area contributed by atoms with E-state index >= 15 is 0 Å². The van der Waals surface area contributed by atoms with Gasteiger partial charge >= 0.3 is 6.18 Å². The first-order valence-corrected chi connectivity index (χ1v) is 6.06. The Morgan fingerprint density at radius 2 is 1.61 bits per heavy atom. The van der Waals surface area contributed by atoms with Crippen LogP contribution in [0.4, 0.5) is 13.2 Å². The minimum atomic E-state index is -4.11. The summed E-state index contributed by atoms with van der Waals surface area (Å²) in [6.45, 7) is 8.06. The highest BCUT2D eigenvalue weighted by molar-refractivity contribution is 5.36. The summed E-state index contributed by atoms with van der Waals surface area (Å²) in [7, 11) is 0. The zero-order valence-electron chi connectivity index (χ0n) is 11.3. The van der Waals surface area contributed by atoms with E-state index in [-0.39, 0.29) is 0 Å². The van der Waals surface area contributed by atoms with Crippen LogP contribution in [0.3, 0.4) is 0 Å². The van der Waals surface area contributed by atoms with Gasteiger partial charge in [-0.05, 0) is 49.9 Å². The van der Waals surface area contributed by atoms with E-state index in [9.17, 15) is 13.2 Å². The molecule has 1 atom stereocenters. The molecule has 0 aromatic heterocycles. The molecule has 4 heteroatoms. The number of nitrogens with one attached hydrogen (secondary N) is 1. The van der Waals surface area contributed by atoms with Crippen LogP contribution < -0.4 is 5.32 Å². The number of benzene rings is 1. The molecule has 0 spiro atoms. The normalized spacial score (nSPS) is 13.7. The zero-order valence-corrected chi connectivity index (χ0v) is 11.3. The fourth-order valence-electron chi connectivity index (χ4n) is 1.91. The largest absolute Gasteiger partial charge is 0.390 e. The molecule has 0 heterocycles. The zero-order chi connectivity index (χ0) is 13.9. The Balaban J connectivity index is 2.61. The molecule has 1 aromatic rings. The maximum atomic E-state index is 12.2. The molecule has 1 unspecified atom stereocenters. The van der Waals surface area contributed by atoms with Crippen molar-refractivity contribution in [2.75, 3.05) is 0 Å². The van der Waals surface area contributed by atoms with Crippen LogP contribution in [0.15, 0.2) is 12.1 Å². The van der Waals surface area contributed by atoms with E-state index in [0.717, 1.165) is 11.1 Å². The highest BCUT2D eigenvalue weighted by Gasteiger charge is 2.29. The van der Waals surface area contributed by atoms with Gasteiger partial charge in [0, 0.05) is 12.6 Å². The number of alkyl halides is 3. The molecule has 0 aliphatic rings. The van der Waals surface area contributed by atoms with Crippen molar-refractivity contribution >= 4 is 0 Å². The lowest BCUT2D eigenvalue weighted by atomic mass is 10.0. The van der Waals surface area contributed by atoms with Crippen molar-refractivity contribution in [2.24, 2.45) is 0 Å². The molecule has 1 rings (SSSR count). The van der Waals surface area contributed by atoms with Gasteiger partial charge in [0.2, 0.25) is 0 Å². The summed E-state index contributed by atoms with van der Waals surface area (Å²) < 4.78 is 36.6. The van der Waals surface area contributed by atoms with E-state index in [1.165, 1.54) is 11.1 Å². The van der Waals surface area contributed by atoms with Crippen molar-refractivity contribution in [1.29, 1.82) is 0 Å². The third-order valence-corrected chi connectivity index (χ3v) is 3.13. The van der Waals surface area contributed by atoms with E-state index in [2.05, 4.69) is 11.4 Å². The fraction of sp³-hybridized carbons (Fsp3) is 0.571. The molecule has 0 bridgehead atoms. The van der Waals surface area contributed by atoms with Gasteiger partial charge in [0.15, 0.2) is 0 Å². The van der Waals surface area contributed by atoms with Crippen molar-refractivity contribution < 1.29 is 13.2 Å². The van der Waals surface area contributed by atoms with Crippen LogP contribution in [-0.4, -0.2) is 12.2 Å². The second kappa shape index (κ2) is 5.74. The number of halogens is 3. The van der Waals surface area contributed by atoms with E-state index in [4.69, 9.17) is 0 Å². The lowest BCUT2D eigenvalue weighted by Gasteiger charge is -2.17. The lowest BCUT2D eigenvalue weighted by molar-refractivity contribution is -0.139. The Morgan fingerprint density at radius 3 is 2.17 bits per heavy atom. The molecule has 0 saturated heterocycles. The van der Waals surface area contributed by atoms with Crippen LogP contribution in [-0.2, 0) is 6.54 Å². The Bertz CT molecular complexity index is 410. The average molecular weight is 259 g/mol. The summed E-state index contributed by atoms with van der Waals surface area (Å²) in [5.74, 6) is 0. The van der Waals surface area contributed by atoms with Gasteiger partial charge in [0.1, 0.15) is 0 Å². The first-order chi connectivity index (χ1) is 8.19. The van der Waals surface area contributed by atoms with Gasteiger partial charge < -0.3 is 5.32 Å². The number of aryl methyl sites for hydroxylation is 3. The Labute approximate surface area is 106 Å². The van der Waals surface area contributed by atoms with Gasteiger partial charge in [-0.15, -0.1) is 0 Å². The van der Waals surface area contributed by atoms with Crippen LogP contribution in [0.5, 0.6) is 0 Å². The van der Waals surface area contributed by atoms with Crippen molar-refractivity contribution in [3.05, 3.63) is 34.4 Å². The van der Waals surface area contributed by atoms with Gasteiger partial charge in [-0.1, -0.05) is 12.1 Å². The first kappa shape index (κ1) is 15.0. The maximum absolute atomic E-state index is 12.2. The van der Waals surface area contributed by atoms with Crippen LogP contribution in [0.2, 0.25) is 0 Å². The van der Waals surface area contributed by atoms with Gasteiger partial charge in [0.05, 0.1) is 6.42 Å². The fourth-order valence-corrected chi connectivity index (χ4v) is 1.91. The topological polar surface area (TPSA) is 12.0 Å². The molecule has 0 fully saturated rings. The highest BCUT2D eigenvalue weighted by atomic mass is 19.4. The Hall–Kier alpha value is -1.03. The summed E-state index contributed by atoms with van der Waals surface area (Å²) in [5.41, 5.74) is 4.55. The predicted octanol–water partition coefficient (Wildman–Crippen LogP) is 4.04. The molecule has 0 aliphatic heterocycles. The maximum Gasteiger partial charge on any atom is 0.390 e. The van der Waals surface area contributed by atoms with Crippen LogP contribution in [0, 0.1) is 20.8 Å². The Kier molecular flexibility index (Phi) is 4.79. The standard InChI is InChI=1S/C14H20F3N/c1-9-5-11(3)13(6-10(9)2)8-18-12(4)7-14(15,16)17/h5-6,12,18H,7-8H2,1-4H3. The van der Waals surface area contributed by atoms with Crippen molar-refractivity contribution in [1.82, 2.24) is 5.32 Å². The van der Waals surface area contributed by atoms with Crippen LogP contribution >= 0.6 is 0 Å². The molecule has 0 radical (unpaired) electrons. The molecule has 0 aliphatic carbocycles. The quantitative estimate of drug-likeness (QED) is 0.860. The highest BCUT2D eigenvalue weighted by Crippen LogP contribution is 2.22. The second-order valence-corrected chi connectivity index (χ2v) is 4.96. The third-order valence-electron chi connectivity index (χ3n) is 3.13. The first-order valence-electron chi connectivity index (χ1n) is 6.06. The summed E-state index contributed by atoms with van der Waals surface area (Å²) in [4.78, 5) is 0. The van der Waals surface area contributed by atoms with E-state index in [1.54, 1.807) is 6.92 Å². The summed E-state index contributed by atoms with van der Waals surface area (Å²) in [5, 5.41) is 2.92. The van der Waals surface area contributed by atoms with Gasteiger partial charge in [-0.25, -0.2) is 0 Å². The summed E-state index contributed by atoms with van der Waals surface area (Å²) in [6, 6.07) is 3.55. The SMILES string of the molecule is Cc1cc(C)c(CNC(C)CC(F)(F)F)cc1C. The molecule has 1 nitrogen and oxygen atoms in total. The summed E-state index contributed by atoms with van der Waals surface area (Å²) >= 11 is 0. The number of hydrogen-bond acceptors (Lipinski definition) is 1. The molecular weight excluding hydrogens is 239 g/mol. The van der Waals surface area contributed by atoms with E-state index in [0.29, 0.717) is 6.54 Å². The number of hydrogen-bond donors (Lipinski definition) is 1. The molecular formula is C14H20F3N. The molecule has 18 heavy (non-hydrogen) atoms. The molecule has 0 amide bonds. The Morgan fingerprint density at radius 1 is 1.06 bits per heavy atom. The minimum Gasteiger partial charge on any atom is -0.310 e. The van der Waals surface area contributed by atoms with Gasteiger partial charge in [-0.2, -0.15) is 13.2 Å². The summed E-state index contributed by atoms with van der Waals surface area (Å²) in [6.07, 6.45) is -4.90. The smallest absolute Gasteiger partial charge is 0.310 e. The van der Waals surface area contributed by atoms with Crippen molar-refractivity contribution in [2.45, 2.75) is 52.9 Å². The molecule has 0 saturated carbocycles. The van der Waals surface area contributed by atoms with Crippen LogP contribution in [0.25, 0.3) is 0 Å². The third kappa shape index (κ3) is 4.69. The van der Waals surface area contributed by atoms with Crippen molar-refractivity contribution in [3.8, 4) is 0 Å². The average Bonchev–Trinajstić information content (AvgIpc) is 2.19. The monoisotopic (exact) mass is 259 g/mol. The predicted molar refractivity (Wildman–Crippen MR) is 67.6 cm³/mol. The molecule has 1 N–H and O–H groups in total. The van der Waals surface area contributed by atoms with Crippen LogP contribution in [0.1, 0.15) is 35.6 Å². The van der Waals surface area contributed by atoms with Crippen molar-refractivity contribution in [3.63, 3.8) is 0 Å². The minimum absolute atomic E-state index is 0.476. The van der Waals surface area contributed by atoms with Gasteiger partial charge in [0.25, 0.3) is 0 Å². The number of rotatable bonds is 4. The van der Waals surface area contributed by atoms with Gasteiger partial charge in [-0.3, -0.25) is 0 Å². The lowest BCUT2D eigenvalue weighted by Crippen LogP contribution is -2.30.